The summed E-state index contributed by atoms with van der Waals surface area (Å²) in [6, 6.07) is 0. The van der Waals surface area contributed by atoms with Gasteiger partial charge in [-0.3, -0.25) is 0 Å². The number of ether oxygens (including phenoxy) is 5. The van der Waals surface area contributed by atoms with E-state index in [0.29, 0.717) is 36.0 Å². The van der Waals surface area contributed by atoms with Crippen LogP contribution in [0.5, 0.6) is 0 Å². The highest BCUT2D eigenvalue weighted by Gasteiger charge is 2.68. The van der Waals surface area contributed by atoms with Gasteiger partial charge in [0.2, 0.25) is 0 Å². The minimum atomic E-state index is -1.72. The van der Waals surface area contributed by atoms with Gasteiger partial charge in [-0.15, -0.1) is 0 Å². The van der Waals surface area contributed by atoms with Crippen LogP contribution in [0.3, 0.4) is 0 Å². The first kappa shape index (κ1) is 40.6. The molecular formula is C39H66O14. The van der Waals surface area contributed by atoms with Crippen molar-refractivity contribution in [3.8, 4) is 0 Å². The molecule has 4 aliphatic carbocycles. The highest BCUT2D eigenvalue weighted by molar-refractivity contribution is 5.15. The lowest BCUT2D eigenvalue weighted by molar-refractivity contribution is -0.373. The topological polar surface area (TPSA) is 228 Å². The highest BCUT2D eigenvalue weighted by atomic mass is 16.8. The molecule has 0 bridgehead atoms. The summed E-state index contributed by atoms with van der Waals surface area (Å²) in [5.41, 5.74) is 0.212. The normalized spacial score (nSPS) is 55.9. The summed E-state index contributed by atoms with van der Waals surface area (Å²) in [7, 11) is 0. The molecule has 7 fully saturated rings. The number of fused-ring (bicyclic) bond motifs is 7. The minimum Gasteiger partial charge on any atom is -0.396 e. The molecule has 0 amide bonds. The van der Waals surface area contributed by atoms with Crippen molar-refractivity contribution in [2.24, 2.45) is 52.3 Å². The maximum absolute atomic E-state index is 11.7. The fourth-order valence-corrected chi connectivity index (χ4v) is 12.7. The molecule has 4 saturated carbocycles. The van der Waals surface area contributed by atoms with Crippen LogP contribution in [0.2, 0.25) is 0 Å². The number of aliphatic hydroxyl groups is 9. The summed E-state index contributed by atoms with van der Waals surface area (Å²) >= 11 is 0. The van der Waals surface area contributed by atoms with E-state index in [1.165, 1.54) is 0 Å². The Bertz CT molecular complexity index is 1260. The Labute approximate surface area is 312 Å². The van der Waals surface area contributed by atoms with Crippen LogP contribution >= 0.6 is 0 Å². The van der Waals surface area contributed by atoms with Crippen molar-refractivity contribution in [2.75, 3.05) is 19.8 Å². The van der Waals surface area contributed by atoms with E-state index >= 15 is 0 Å². The van der Waals surface area contributed by atoms with Crippen molar-refractivity contribution in [2.45, 2.75) is 171 Å². The lowest BCUT2D eigenvalue weighted by atomic mass is 9.44. The van der Waals surface area contributed by atoms with E-state index in [9.17, 15) is 46.0 Å². The highest BCUT2D eigenvalue weighted by Crippen LogP contribution is 2.71. The molecule has 7 rings (SSSR count). The van der Waals surface area contributed by atoms with Crippen LogP contribution in [0.25, 0.3) is 0 Å². The largest absolute Gasteiger partial charge is 0.396 e. The molecule has 14 heteroatoms. The first-order chi connectivity index (χ1) is 25.1. The second-order valence-electron chi connectivity index (χ2n) is 18.6. The molecule has 306 valence electrons. The van der Waals surface area contributed by atoms with Crippen LogP contribution in [0.15, 0.2) is 0 Å². The number of hydrogen-bond donors (Lipinski definition) is 9. The second-order valence-corrected chi connectivity index (χ2v) is 18.6. The van der Waals surface area contributed by atoms with Crippen LogP contribution < -0.4 is 0 Å². The van der Waals surface area contributed by atoms with Gasteiger partial charge in [-0.05, 0) is 104 Å². The Balaban J connectivity index is 1.02. The van der Waals surface area contributed by atoms with Gasteiger partial charge in [0.05, 0.1) is 25.4 Å². The summed E-state index contributed by atoms with van der Waals surface area (Å²) in [4.78, 5) is 0. The Hall–Kier alpha value is -0.560. The predicted octanol–water partition coefficient (Wildman–Crippen LogP) is 0.397. The fraction of sp³-hybridized carbons (Fsp3) is 1.00. The summed E-state index contributed by atoms with van der Waals surface area (Å²) in [5, 5.41) is 93.8. The zero-order valence-corrected chi connectivity index (χ0v) is 31.7. The Morgan fingerprint density at radius 3 is 2.08 bits per heavy atom. The van der Waals surface area contributed by atoms with Gasteiger partial charge in [0.15, 0.2) is 18.4 Å². The molecule has 3 heterocycles. The van der Waals surface area contributed by atoms with Gasteiger partial charge >= 0.3 is 0 Å². The Kier molecular flexibility index (Phi) is 11.7. The molecule has 22 atom stereocenters. The van der Waals surface area contributed by atoms with Crippen LogP contribution in [-0.4, -0.2) is 145 Å². The monoisotopic (exact) mass is 758 g/mol. The number of aliphatic hydroxyl groups excluding tert-OH is 8. The summed E-state index contributed by atoms with van der Waals surface area (Å²) in [6.07, 6.45) is -5.84. The molecule has 0 spiro atoms. The van der Waals surface area contributed by atoms with Gasteiger partial charge < -0.3 is 69.6 Å². The zero-order chi connectivity index (χ0) is 38.2. The third kappa shape index (κ3) is 6.85. The molecular weight excluding hydrogens is 692 g/mol. The van der Waals surface area contributed by atoms with Gasteiger partial charge in [0.25, 0.3) is 0 Å². The quantitative estimate of drug-likeness (QED) is 0.138. The van der Waals surface area contributed by atoms with E-state index in [4.69, 9.17) is 23.7 Å². The Morgan fingerprint density at radius 1 is 0.736 bits per heavy atom. The molecule has 14 nitrogen and oxygen atoms in total. The van der Waals surface area contributed by atoms with Crippen molar-refractivity contribution in [3.05, 3.63) is 0 Å². The maximum atomic E-state index is 11.7. The van der Waals surface area contributed by atoms with E-state index in [2.05, 4.69) is 20.8 Å². The zero-order valence-electron chi connectivity index (χ0n) is 31.7. The van der Waals surface area contributed by atoms with Gasteiger partial charge in [-0.2, -0.15) is 0 Å². The van der Waals surface area contributed by atoms with E-state index in [1.807, 2.05) is 6.92 Å². The van der Waals surface area contributed by atoms with Crippen LogP contribution in [0.4, 0.5) is 0 Å². The predicted molar refractivity (Wildman–Crippen MR) is 186 cm³/mol. The van der Waals surface area contributed by atoms with Crippen LogP contribution in [-0.2, 0) is 23.7 Å². The molecule has 0 radical (unpaired) electrons. The third-order valence-corrected chi connectivity index (χ3v) is 15.9. The molecule has 0 aromatic rings. The molecule has 3 saturated heterocycles. The van der Waals surface area contributed by atoms with Gasteiger partial charge in [-0.25, -0.2) is 0 Å². The summed E-state index contributed by atoms with van der Waals surface area (Å²) in [6.45, 7) is 7.96. The molecule has 2 unspecified atom stereocenters. The lowest BCUT2D eigenvalue weighted by Crippen LogP contribution is -2.65. The van der Waals surface area contributed by atoms with Gasteiger partial charge in [-0.1, -0.05) is 27.7 Å². The third-order valence-electron chi connectivity index (χ3n) is 15.9. The van der Waals surface area contributed by atoms with Gasteiger partial charge in [0.1, 0.15) is 48.8 Å². The van der Waals surface area contributed by atoms with Crippen molar-refractivity contribution in [1.29, 1.82) is 0 Å². The molecule has 0 aromatic carbocycles. The average molecular weight is 759 g/mol. The van der Waals surface area contributed by atoms with E-state index < -0.39 is 80.4 Å². The lowest BCUT2D eigenvalue weighted by Gasteiger charge is -2.61. The van der Waals surface area contributed by atoms with Crippen LogP contribution in [0.1, 0.15) is 91.9 Å². The number of rotatable bonds is 10. The SMILES string of the molecule is C[C@@H](CO)CC[C@@]1(O)OC2C[C@H]3[C@@H]4CC[C@H]5C[C@@H](O[C@@H]6O[C@H](CO)[C@H](O)[C@H](O)[C@H]6O[C@@H]6O[C@H](CO)[C@@H](O)[C@H](O)[C@H]6O)CC[C@]5(C)[C@H]4CC[C@]3(C)C2[C@@H]1C. The first-order valence-corrected chi connectivity index (χ1v) is 20.3. The summed E-state index contributed by atoms with van der Waals surface area (Å²) < 4.78 is 30.5. The molecule has 53 heavy (non-hydrogen) atoms. The fourth-order valence-electron chi connectivity index (χ4n) is 12.7. The molecule has 7 aliphatic rings. The van der Waals surface area contributed by atoms with Crippen molar-refractivity contribution < 1.29 is 69.6 Å². The van der Waals surface area contributed by atoms with Crippen LogP contribution in [0, 0.1) is 52.3 Å². The smallest absolute Gasteiger partial charge is 0.187 e. The van der Waals surface area contributed by atoms with E-state index in [-0.39, 0.29) is 41.5 Å². The standard InChI is InChI=1S/C39H66O14/c1-18(15-40)7-12-39(48)19(2)28-25(53-39)14-24-22-6-5-20-13-21(8-10-37(20,3)23(22)9-11-38(24,28)4)49-36-34(32(46)30(44)27(17-42)51-36)52-35-33(47)31(45)29(43)26(16-41)50-35/h18-36,40-48H,5-17H2,1-4H3/t18-,19+,20+,21+,22-,23+,24+,25?,26-,27-,28?,29-,30+,31+,32+,33-,34-,35+,36-,37+,38+,39-/m1/s1. The van der Waals surface area contributed by atoms with E-state index in [0.717, 1.165) is 57.8 Å². The minimum absolute atomic E-state index is 0.0324. The van der Waals surface area contributed by atoms with Crippen molar-refractivity contribution in [1.82, 2.24) is 0 Å². The van der Waals surface area contributed by atoms with Crippen molar-refractivity contribution in [3.63, 3.8) is 0 Å². The van der Waals surface area contributed by atoms with Crippen molar-refractivity contribution >= 4 is 0 Å². The summed E-state index contributed by atoms with van der Waals surface area (Å²) in [5.74, 6) is 1.39. The Morgan fingerprint density at radius 2 is 1.40 bits per heavy atom. The van der Waals surface area contributed by atoms with Gasteiger partial charge in [0, 0.05) is 18.9 Å². The molecule has 0 aromatic heterocycles. The molecule has 3 aliphatic heterocycles. The average Bonchev–Trinajstić information content (AvgIpc) is 3.58. The number of hydrogen-bond acceptors (Lipinski definition) is 14. The second kappa shape index (κ2) is 15.3. The van der Waals surface area contributed by atoms with E-state index in [1.54, 1.807) is 0 Å². The molecule has 9 N–H and O–H groups in total. The maximum Gasteiger partial charge on any atom is 0.187 e. The first-order valence-electron chi connectivity index (χ1n) is 20.3.